The molecule has 2 N–H and O–H groups in total. The van der Waals surface area contributed by atoms with Crippen LogP contribution in [-0.2, 0) is 23.9 Å². The molecule has 0 radical (unpaired) electrons. The monoisotopic (exact) mass is 517 g/mol. The smallest absolute Gasteiger partial charge is 0.408 e. The Morgan fingerprint density at radius 2 is 1.84 bits per heavy atom. The summed E-state index contributed by atoms with van der Waals surface area (Å²) in [6.07, 6.45) is 1.17. The molecule has 2 atom stereocenters. The van der Waals surface area contributed by atoms with E-state index in [-0.39, 0.29) is 32.0 Å². The van der Waals surface area contributed by atoms with E-state index in [1.165, 1.54) is 11.0 Å². The van der Waals surface area contributed by atoms with Crippen molar-refractivity contribution in [3.63, 3.8) is 0 Å². The molecule has 0 fully saturated rings. The minimum absolute atomic E-state index is 0.00565. The van der Waals surface area contributed by atoms with Gasteiger partial charge in [0.1, 0.15) is 17.7 Å². The summed E-state index contributed by atoms with van der Waals surface area (Å²) in [4.78, 5) is 53.1. The highest BCUT2D eigenvalue weighted by atomic mass is 16.6. The maximum atomic E-state index is 13.9. The average Bonchev–Trinajstić information content (AvgIpc) is 2.76. The van der Waals surface area contributed by atoms with Crippen LogP contribution >= 0.6 is 0 Å². The van der Waals surface area contributed by atoms with Gasteiger partial charge in [-0.05, 0) is 52.5 Å². The van der Waals surface area contributed by atoms with Crippen LogP contribution in [0, 0.1) is 12.8 Å². The summed E-state index contributed by atoms with van der Waals surface area (Å²) in [6.45, 7) is 16.8. The lowest BCUT2D eigenvalue weighted by Crippen LogP contribution is -2.53. The van der Waals surface area contributed by atoms with Crippen LogP contribution < -0.4 is 10.6 Å². The molecule has 0 aliphatic carbocycles. The van der Waals surface area contributed by atoms with Crippen LogP contribution in [-0.4, -0.2) is 60.1 Å². The highest BCUT2D eigenvalue weighted by Gasteiger charge is 2.36. The van der Waals surface area contributed by atoms with Crippen molar-refractivity contribution >= 4 is 23.9 Å². The third-order valence-corrected chi connectivity index (χ3v) is 5.16. The average molecular weight is 518 g/mol. The van der Waals surface area contributed by atoms with Crippen molar-refractivity contribution in [3.05, 3.63) is 48.0 Å². The van der Waals surface area contributed by atoms with E-state index in [4.69, 9.17) is 9.47 Å². The fourth-order valence-electron chi connectivity index (χ4n) is 3.74. The van der Waals surface area contributed by atoms with Gasteiger partial charge in [-0.2, -0.15) is 0 Å². The molecule has 0 saturated carbocycles. The first-order chi connectivity index (χ1) is 17.3. The normalized spacial score (nSPS) is 12.8. The summed E-state index contributed by atoms with van der Waals surface area (Å²) in [5, 5.41) is 5.45. The molecule has 9 nitrogen and oxygen atoms in total. The molecule has 0 aliphatic heterocycles. The molecule has 0 bridgehead atoms. The minimum atomic E-state index is -1.01. The topological polar surface area (TPSA) is 114 Å². The first-order valence-electron chi connectivity index (χ1n) is 12.7. The van der Waals surface area contributed by atoms with Crippen LogP contribution in [0.3, 0.4) is 0 Å². The quantitative estimate of drug-likeness (QED) is 0.301. The number of amides is 3. The second-order valence-corrected chi connectivity index (χ2v) is 10.3. The Balaban J connectivity index is 3.35. The number of benzene rings is 1. The van der Waals surface area contributed by atoms with Gasteiger partial charge in [0.05, 0.1) is 13.0 Å². The third kappa shape index (κ3) is 11.5. The van der Waals surface area contributed by atoms with Gasteiger partial charge in [-0.15, -0.1) is 6.58 Å². The number of alkyl carbamates (subject to hydrolysis) is 1. The summed E-state index contributed by atoms with van der Waals surface area (Å²) in [5.74, 6) is -1.24. The molecule has 0 saturated heterocycles. The van der Waals surface area contributed by atoms with Crippen LogP contribution in [0.1, 0.15) is 71.6 Å². The molecule has 1 aromatic carbocycles. The summed E-state index contributed by atoms with van der Waals surface area (Å²) in [6, 6.07) is 5.37. The van der Waals surface area contributed by atoms with E-state index in [1.54, 1.807) is 33.8 Å². The molecule has 9 heteroatoms. The standard InChI is InChI=1S/C28H43N3O6/c1-9-16-31(26(34)22(17-19(3)4)30-27(35)37-28(6,7)8)24(21-13-11-12-20(5)18-21)25(33)29-15-14-23(32)36-10-2/h9,11-13,18-19,22,24H,1,10,14-17H2,2-8H3,(H,29,33)(H,30,35). The molecule has 1 aromatic rings. The largest absolute Gasteiger partial charge is 0.466 e. The number of ether oxygens (including phenoxy) is 2. The SMILES string of the molecule is C=CCN(C(=O)C(CC(C)C)NC(=O)OC(C)(C)C)C(C(=O)NCCC(=O)OCC)c1cccc(C)c1. The first-order valence-corrected chi connectivity index (χ1v) is 12.7. The Bertz CT molecular complexity index is 938. The van der Waals surface area contributed by atoms with Gasteiger partial charge in [-0.3, -0.25) is 14.4 Å². The van der Waals surface area contributed by atoms with Gasteiger partial charge in [-0.25, -0.2) is 4.79 Å². The number of hydrogen-bond acceptors (Lipinski definition) is 6. The van der Waals surface area contributed by atoms with E-state index in [9.17, 15) is 19.2 Å². The van der Waals surface area contributed by atoms with Crippen molar-refractivity contribution in [2.45, 2.75) is 79.0 Å². The molecule has 0 heterocycles. The first kappa shape index (κ1) is 31.7. The van der Waals surface area contributed by atoms with Crippen molar-refractivity contribution < 1.29 is 28.7 Å². The van der Waals surface area contributed by atoms with Crippen molar-refractivity contribution in [1.29, 1.82) is 0 Å². The molecular formula is C28H43N3O6. The maximum absolute atomic E-state index is 13.9. The summed E-state index contributed by atoms with van der Waals surface area (Å²) in [5.41, 5.74) is 0.780. The van der Waals surface area contributed by atoms with Gasteiger partial charge >= 0.3 is 12.1 Å². The number of carbonyl (C=O) groups is 4. The Labute approximate surface area is 221 Å². The van der Waals surface area contributed by atoms with Crippen molar-refractivity contribution in [2.75, 3.05) is 19.7 Å². The Morgan fingerprint density at radius 1 is 1.16 bits per heavy atom. The van der Waals surface area contributed by atoms with Crippen LogP contribution in [0.25, 0.3) is 0 Å². The van der Waals surface area contributed by atoms with E-state index in [2.05, 4.69) is 17.2 Å². The van der Waals surface area contributed by atoms with E-state index >= 15 is 0 Å². The molecule has 3 amide bonds. The van der Waals surface area contributed by atoms with Crippen LogP contribution in [0.4, 0.5) is 4.79 Å². The zero-order valence-electron chi connectivity index (χ0n) is 23.3. The molecule has 1 rings (SSSR count). The molecule has 0 spiro atoms. The molecule has 0 aliphatic rings. The molecule has 206 valence electrons. The zero-order valence-corrected chi connectivity index (χ0v) is 23.3. The molecule has 0 aromatic heterocycles. The number of carbonyl (C=O) groups excluding carboxylic acids is 4. The fourth-order valence-corrected chi connectivity index (χ4v) is 3.74. The second kappa shape index (κ2) is 15.0. The molecule has 37 heavy (non-hydrogen) atoms. The van der Waals surface area contributed by atoms with E-state index in [1.807, 2.05) is 39.0 Å². The molecule has 2 unspecified atom stereocenters. The van der Waals surface area contributed by atoms with Gasteiger partial charge in [0.25, 0.3) is 0 Å². The van der Waals surface area contributed by atoms with Crippen molar-refractivity contribution in [2.24, 2.45) is 5.92 Å². The van der Waals surface area contributed by atoms with Crippen LogP contribution in [0.2, 0.25) is 0 Å². The van der Waals surface area contributed by atoms with Crippen molar-refractivity contribution in [3.8, 4) is 0 Å². The predicted molar refractivity (Wildman–Crippen MR) is 143 cm³/mol. The second-order valence-electron chi connectivity index (χ2n) is 10.3. The van der Waals surface area contributed by atoms with Gasteiger partial charge in [0.15, 0.2) is 0 Å². The predicted octanol–water partition coefficient (Wildman–Crippen LogP) is 4.06. The zero-order chi connectivity index (χ0) is 28.2. The van der Waals surface area contributed by atoms with Gasteiger partial charge in [0.2, 0.25) is 11.8 Å². The van der Waals surface area contributed by atoms with E-state index < -0.39 is 41.6 Å². The number of rotatable bonds is 13. The number of nitrogens with one attached hydrogen (secondary N) is 2. The fraction of sp³-hybridized carbons (Fsp3) is 0.571. The number of esters is 1. The Kier molecular flexibility index (Phi) is 12.9. The number of aryl methyl sites for hydroxylation is 1. The van der Waals surface area contributed by atoms with Gasteiger partial charge in [-0.1, -0.05) is 49.8 Å². The van der Waals surface area contributed by atoms with E-state index in [0.717, 1.165) is 5.56 Å². The highest BCUT2D eigenvalue weighted by molar-refractivity contribution is 5.92. The van der Waals surface area contributed by atoms with Gasteiger partial charge < -0.3 is 25.0 Å². The van der Waals surface area contributed by atoms with Crippen molar-refractivity contribution in [1.82, 2.24) is 15.5 Å². The summed E-state index contributed by atoms with van der Waals surface area (Å²) in [7, 11) is 0. The van der Waals surface area contributed by atoms with Gasteiger partial charge in [0, 0.05) is 13.1 Å². The Morgan fingerprint density at radius 3 is 2.38 bits per heavy atom. The van der Waals surface area contributed by atoms with E-state index in [0.29, 0.717) is 12.0 Å². The highest BCUT2D eigenvalue weighted by Crippen LogP contribution is 2.25. The maximum Gasteiger partial charge on any atom is 0.408 e. The lowest BCUT2D eigenvalue weighted by atomic mass is 9.98. The number of hydrogen-bond donors (Lipinski definition) is 2. The van der Waals surface area contributed by atoms with Crippen LogP contribution in [0.15, 0.2) is 36.9 Å². The number of nitrogens with zero attached hydrogens (tertiary/aromatic N) is 1. The summed E-state index contributed by atoms with van der Waals surface area (Å²) >= 11 is 0. The Hall–Kier alpha value is -3.36. The third-order valence-electron chi connectivity index (χ3n) is 5.16. The summed E-state index contributed by atoms with van der Waals surface area (Å²) < 4.78 is 10.3. The minimum Gasteiger partial charge on any atom is -0.466 e. The lowest BCUT2D eigenvalue weighted by Gasteiger charge is -2.34. The lowest BCUT2D eigenvalue weighted by molar-refractivity contribution is -0.144. The molecular weight excluding hydrogens is 474 g/mol. The van der Waals surface area contributed by atoms with Crippen LogP contribution in [0.5, 0.6) is 0 Å².